The monoisotopic (exact) mass is 391 g/mol. The number of nitrogens with one attached hydrogen (secondary N) is 1. The smallest absolute Gasteiger partial charge is 0.234 e. The first-order chi connectivity index (χ1) is 13.5. The highest BCUT2D eigenvalue weighted by atomic mass is 32.2. The minimum atomic E-state index is -0.296. The van der Waals surface area contributed by atoms with Crippen molar-refractivity contribution in [3.8, 4) is 0 Å². The Morgan fingerprint density at radius 1 is 0.964 bits per heavy atom. The number of thioether (sulfide) groups is 1. The van der Waals surface area contributed by atoms with E-state index >= 15 is 0 Å². The summed E-state index contributed by atoms with van der Waals surface area (Å²) >= 11 is 1.49. The summed E-state index contributed by atoms with van der Waals surface area (Å²) in [6.07, 6.45) is 4.34. The van der Waals surface area contributed by atoms with Gasteiger partial charge in [-0.1, -0.05) is 59.3 Å². The lowest BCUT2D eigenvalue weighted by atomic mass is 10.1. The maximum atomic E-state index is 12.4. The van der Waals surface area contributed by atoms with Crippen LogP contribution in [-0.2, 0) is 4.79 Å². The predicted molar refractivity (Wildman–Crippen MR) is 119 cm³/mol. The maximum absolute atomic E-state index is 12.4. The van der Waals surface area contributed by atoms with E-state index in [0.29, 0.717) is 5.75 Å². The summed E-state index contributed by atoms with van der Waals surface area (Å²) in [5.74, 6) is 0.306. The third kappa shape index (κ3) is 4.20. The average molecular weight is 392 g/mol. The Balaban J connectivity index is 1.48. The van der Waals surface area contributed by atoms with Crippen molar-refractivity contribution in [3.63, 3.8) is 0 Å². The third-order valence-corrected chi connectivity index (χ3v) is 6.20. The highest BCUT2D eigenvalue weighted by Gasteiger charge is 2.39. The minimum absolute atomic E-state index is 0.0211. The van der Waals surface area contributed by atoms with Gasteiger partial charge in [0.05, 0.1) is 11.5 Å². The van der Waals surface area contributed by atoms with Crippen molar-refractivity contribution >= 4 is 34.1 Å². The molecule has 1 aliphatic heterocycles. The molecule has 1 amide bonds. The molecule has 0 saturated heterocycles. The van der Waals surface area contributed by atoms with Gasteiger partial charge in [0.25, 0.3) is 0 Å². The molecule has 2 aromatic carbocycles. The number of hydrogen-bond donors (Lipinski definition) is 1. The van der Waals surface area contributed by atoms with E-state index in [-0.39, 0.29) is 11.6 Å². The fraction of sp³-hybridized carbons (Fsp3) is 0.348. The Morgan fingerprint density at radius 2 is 1.57 bits per heavy atom. The van der Waals surface area contributed by atoms with E-state index in [2.05, 4.69) is 36.5 Å². The molecule has 0 unspecified atom stereocenters. The Kier molecular flexibility index (Phi) is 5.36. The molecule has 28 heavy (non-hydrogen) atoms. The van der Waals surface area contributed by atoms with Gasteiger partial charge in [0.1, 0.15) is 5.04 Å². The van der Waals surface area contributed by atoms with Gasteiger partial charge in [-0.25, -0.2) is 4.99 Å². The SMILES string of the molecule is Cc1ccc(NC(=O)CSC2=NC3(CCCC3)N=C2c2ccc(C)cc2)cc1. The van der Waals surface area contributed by atoms with Crippen LogP contribution in [0.15, 0.2) is 58.5 Å². The second-order valence-corrected chi connectivity index (χ2v) is 8.60. The van der Waals surface area contributed by atoms with Crippen molar-refractivity contribution in [2.75, 3.05) is 11.1 Å². The number of carbonyl (C=O) groups excluding carboxylic acids is 1. The van der Waals surface area contributed by atoms with Crippen molar-refractivity contribution in [3.05, 3.63) is 65.2 Å². The summed E-state index contributed by atoms with van der Waals surface area (Å²) in [5, 5.41) is 3.85. The fourth-order valence-electron chi connectivity index (χ4n) is 3.66. The van der Waals surface area contributed by atoms with Gasteiger partial charge in [-0.15, -0.1) is 0 Å². The standard InChI is InChI=1S/C23H25N3OS/c1-16-5-9-18(10-6-16)21-22(26-23(25-21)13-3-4-14-23)28-15-20(27)24-19-11-7-17(2)8-12-19/h5-12H,3-4,13-15H2,1-2H3,(H,24,27). The van der Waals surface area contributed by atoms with Crippen LogP contribution < -0.4 is 5.32 Å². The van der Waals surface area contributed by atoms with Crippen molar-refractivity contribution in [1.29, 1.82) is 0 Å². The molecule has 0 aromatic heterocycles. The van der Waals surface area contributed by atoms with Crippen LogP contribution in [0.2, 0.25) is 0 Å². The van der Waals surface area contributed by atoms with E-state index in [0.717, 1.165) is 34.8 Å². The zero-order chi connectivity index (χ0) is 19.6. The predicted octanol–water partition coefficient (Wildman–Crippen LogP) is 5.15. The zero-order valence-electron chi connectivity index (χ0n) is 16.4. The van der Waals surface area contributed by atoms with Gasteiger partial charge in [0.2, 0.25) is 5.91 Å². The van der Waals surface area contributed by atoms with Crippen LogP contribution in [0, 0.1) is 13.8 Å². The average Bonchev–Trinajstić information content (AvgIpc) is 3.30. The maximum Gasteiger partial charge on any atom is 0.234 e. The fourth-order valence-corrected chi connectivity index (χ4v) is 4.53. The first kappa shape index (κ1) is 18.9. The van der Waals surface area contributed by atoms with Crippen LogP contribution in [0.4, 0.5) is 5.69 Å². The highest BCUT2D eigenvalue weighted by Crippen LogP contribution is 2.40. The Labute approximate surface area is 170 Å². The molecule has 0 radical (unpaired) electrons. The van der Waals surface area contributed by atoms with Gasteiger partial charge in [-0.2, -0.15) is 0 Å². The van der Waals surface area contributed by atoms with E-state index in [1.165, 1.54) is 35.7 Å². The Hall–Kier alpha value is -2.40. The molecule has 1 saturated carbocycles. The zero-order valence-corrected chi connectivity index (χ0v) is 17.2. The highest BCUT2D eigenvalue weighted by molar-refractivity contribution is 8.16. The summed E-state index contributed by atoms with van der Waals surface area (Å²) in [4.78, 5) is 22.4. The second kappa shape index (κ2) is 7.92. The van der Waals surface area contributed by atoms with E-state index in [4.69, 9.17) is 9.98 Å². The first-order valence-electron chi connectivity index (χ1n) is 9.79. The molecule has 5 heteroatoms. The number of carbonyl (C=O) groups is 1. The topological polar surface area (TPSA) is 53.8 Å². The normalized spacial score (nSPS) is 17.5. The summed E-state index contributed by atoms with van der Waals surface area (Å²) in [7, 11) is 0. The lowest BCUT2D eigenvalue weighted by Crippen LogP contribution is -2.17. The molecular formula is C23H25N3OS. The molecule has 0 atom stereocenters. The van der Waals surface area contributed by atoms with E-state index < -0.39 is 0 Å². The lowest BCUT2D eigenvalue weighted by molar-refractivity contribution is -0.113. The number of benzene rings is 2. The van der Waals surface area contributed by atoms with Crippen LogP contribution in [0.25, 0.3) is 0 Å². The van der Waals surface area contributed by atoms with E-state index in [1.54, 1.807) is 0 Å². The molecule has 1 fully saturated rings. The van der Waals surface area contributed by atoms with Crippen LogP contribution >= 0.6 is 11.8 Å². The van der Waals surface area contributed by atoms with Crippen LogP contribution in [-0.4, -0.2) is 28.1 Å². The second-order valence-electron chi connectivity index (χ2n) is 7.64. The number of amides is 1. The molecular weight excluding hydrogens is 366 g/mol. The van der Waals surface area contributed by atoms with Gasteiger partial charge in [-0.05, 0) is 51.7 Å². The van der Waals surface area contributed by atoms with Crippen molar-refractivity contribution in [2.24, 2.45) is 9.98 Å². The van der Waals surface area contributed by atoms with Crippen LogP contribution in [0.1, 0.15) is 42.4 Å². The molecule has 144 valence electrons. The molecule has 1 N–H and O–H groups in total. The molecule has 4 nitrogen and oxygen atoms in total. The first-order valence-corrected chi connectivity index (χ1v) is 10.8. The Morgan fingerprint density at radius 3 is 2.21 bits per heavy atom. The Bertz CT molecular complexity index is 923. The third-order valence-electron chi connectivity index (χ3n) is 5.24. The van der Waals surface area contributed by atoms with Crippen LogP contribution in [0.5, 0.6) is 0 Å². The van der Waals surface area contributed by atoms with Gasteiger partial charge in [0.15, 0.2) is 5.66 Å². The van der Waals surface area contributed by atoms with Gasteiger partial charge in [-0.3, -0.25) is 9.79 Å². The molecule has 2 aromatic rings. The van der Waals surface area contributed by atoms with E-state index in [9.17, 15) is 4.79 Å². The van der Waals surface area contributed by atoms with Gasteiger partial charge < -0.3 is 5.32 Å². The van der Waals surface area contributed by atoms with Crippen molar-refractivity contribution in [2.45, 2.75) is 45.2 Å². The number of aliphatic imine (C=N–C) groups is 2. The molecule has 1 spiro atoms. The minimum Gasteiger partial charge on any atom is -0.325 e. The van der Waals surface area contributed by atoms with Crippen LogP contribution in [0.3, 0.4) is 0 Å². The number of anilines is 1. The molecule has 1 heterocycles. The summed E-state index contributed by atoms with van der Waals surface area (Å²) < 4.78 is 0. The lowest BCUT2D eigenvalue weighted by Gasteiger charge is -2.14. The largest absolute Gasteiger partial charge is 0.325 e. The number of hydrogen-bond acceptors (Lipinski definition) is 4. The number of aryl methyl sites for hydroxylation is 2. The van der Waals surface area contributed by atoms with Gasteiger partial charge >= 0.3 is 0 Å². The molecule has 2 aliphatic rings. The number of rotatable bonds is 4. The van der Waals surface area contributed by atoms with Gasteiger partial charge in [0, 0.05) is 11.3 Å². The summed E-state index contributed by atoms with van der Waals surface area (Å²) in [6.45, 7) is 4.11. The molecule has 1 aliphatic carbocycles. The number of nitrogens with zero attached hydrogens (tertiary/aromatic N) is 2. The molecule has 4 rings (SSSR count). The molecule has 0 bridgehead atoms. The quantitative estimate of drug-likeness (QED) is 0.784. The van der Waals surface area contributed by atoms with E-state index in [1.807, 2.05) is 31.2 Å². The van der Waals surface area contributed by atoms with Crippen molar-refractivity contribution < 1.29 is 4.79 Å². The summed E-state index contributed by atoms with van der Waals surface area (Å²) in [5.41, 5.74) is 4.95. The van der Waals surface area contributed by atoms with Crippen molar-refractivity contribution in [1.82, 2.24) is 0 Å². The summed E-state index contributed by atoms with van der Waals surface area (Å²) in [6, 6.07) is 16.3.